The molecule has 0 spiro atoms. The van der Waals surface area contributed by atoms with Crippen molar-refractivity contribution in [3.8, 4) is 23.0 Å². The Kier molecular flexibility index (Phi) is 19.8. The fourth-order valence-electron chi connectivity index (χ4n) is 5.92. The molecule has 0 bridgehead atoms. The molecule has 0 heterocycles. The number of nitrogens with two attached hydrogens (primary N) is 1. The number of aliphatic hydroxyl groups is 2. The van der Waals surface area contributed by atoms with Crippen LogP contribution in [0.15, 0.2) is 116 Å². The van der Waals surface area contributed by atoms with E-state index in [-0.39, 0.29) is 75.9 Å². The summed E-state index contributed by atoms with van der Waals surface area (Å²) in [5.41, 5.74) is 8.18. The Morgan fingerprint density at radius 3 is 1.35 bits per heavy atom. The van der Waals surface area contributed by atoms with Crippen LogP contribution in [-0.4, -0.2) is 79.1 Å². The molecule has 0 aliphatic carbocycles. The van der Waals surface area contributed by atoms with Crippen molar-refractivity contribution in [3.63, 3.8) is 0 Å². The zero-order valence-corrected chi connectivity index (χ0v) is 36.8. The summed E-state index contributed by atoms with van der Waals surface area (Å²) < 4.78 is 20.9. The number of hydrogen-bond acceptors (Lipinski definition) is 18. The van der Waals surface area contributed by atoms with Gasteiger partial charge in [0, 0.05) is 63.4 Å². The number of aliphatic hydroxyl groups excluding tert-OH is 2. The highest BCUT2D eigenvalue weighted by Crippen LogP contribution is 2.34. The molecule has 0 saturated heterocycles. The Morgan fingerprint density at radius 2 is 1.02 bits per heavy atom. The molecule has 0 aromatic heterocycles. The summed E-state index contributed by atoms with van der Waals surface area (Å²) >= 11 is 0. The van der Waals surface area contributed by atoms with E-state index in [0.717, 1.165) is 11.1 Å². The van der Waals surface area contributed by atoms with E-state index >= 15 is 0 Å². The molecular formula is C44H50N8O13. The average Bonchev–Trinajstić information content (AvgIpc) is 3.26. The first-order chi connectivity index (χ1) is 31.0. The molecular weight excluding hydrogens is 849 g/mol. The van der Waals surface area contributed by atoms with Gasteiger partial charge in [-0.2, -0.15) is 0 Å². The van der Waals surface area contributed by atoms with E-state index in [1.807, 2.05) is 24.3 Å². The third-order valence-electron chi connectivity index (χ3n) is 9.10. The van der Waals surface area contributed by atoms with Gasteiger partial charge in [0.05, 0.1) is 50.4 Å². The average molecular weight is 899 g/mol. The maximum Gasteiger partial charge on any atom is 0.273 e. The third kappa shape index (κ3) is 15.4. The van der Waals surface area contributed by atoms with Crippen LogP contribution in [0.1, 0.15) is 43.0 Å². The molecule has 0 radical (unpaired) electrons. The van der Waals surface area contributed by atoms with Crippen LogP contribution in [0.5, 0.6) is 23.0 Å². The number of ether oxygens (including phenoxy) is 4. The number of nitrogens with zero attached hydrogens (tertiary/aromatic N) is 6. The van der Waals surface area contributed by atoms with Gasteiger partial charge >= 0.3 is 0 Å². The first-order valence-corrected chi connectivity index (χ1v) is 19.6. The van der Waals surface area contributed by atoms with E-state index in [9.17, 15) is 44.8 Å². The molecule has 0 saturated carbocycles. The van der Waals surface area contributed by atoms with Crippen LogP contribution in [-0.2, 0) is 40.1 Å². The minimum Gasteiger partial charge on any atom is -0.509 e. The fourth-order valence-corrected chi connectivity index (χ4v) is 5.92. The molecule has 0 aliphatic heterocycles. The Hall–Kier alpha value is -8.07. The predicted octanol–water partition coefficient (Wildman–Crippen LogP) is 7.77. The zero-order chi connectivity index (χ0) is 48.2. The summed E-state index contributed by atoms with van der Waals surface area (Å²) in [6, 6.07) is 18.4. The van der Waals surface area contributed by atoms with E-state index < -0.39 is 21.4 Å². The molecule has 0 fully saturated rings. The SMILES string of the molecule is COc1ccc(CCN)cc1CC(O)=C(N=Nc1ccc([N+](=O)[O-])cc1OC)C(C)=O.COc1ccc(CCNC(C)=O)cc1CC(O)=C(N=Nc1ccc([N+](=O)[O-])cc1OC)C(C)=O. The minimum absolute atomic E-state index is 0.00703. The summed E-state index contributed by atoms with van der Waals surface area (Å²) in [6.07, 6.45) is 1.16. The molecule has 4 rings (SSSR count). The summed E-state index contributed by atoms with van der Waals surface area (Å²) in [4.78, 5) is 56.0. The summed E-state index contributed by atoms with van der Waals surface area (Å²) in [6.45, 7) is 4.84. The molecule has 0 aliphatic rings. The van der Waals surface area contributed by atoms with Gasteiger partial charge in [-0.1, -0.05) is 24.3 Å². The maximum absolute atomic E-state index is 12.2. The van der Waals surface area contributed by atoms with Crippen molar-refractivity contribution in [1.82, 2.24) is 5.32 Å². The second-order valence-corrected chi connectivity index (χ2v) is 13.7. The molecule has 21 heteroatoms. The number of Topliss-reactive ketones (excluding diaryl/α,β-unsaturated/α-hetero) is 2. The van der Waals surface area contributed by atoms with Crippen molar-refractivity contribution in [3.05, 3.63) is 138 Å². The number of nitro groups is 2. The van der Waals surface area contributed by atoms with Crippen molar-refractivity contribution >= 4 is 40.2 Å². The molecule has 344 valence electrons. The number of benzene rings is 4. The molecule has 5 N–H and O–H groups in total. The number of allylic oxidation sites excluding steroid dienone is 4. The van der Waals surface area contributed by atoms with Crippen LogP contribution in [0, 0.1) is 20.2 Å². The number of non-ortho nitro benzene ring substituents is 2. The molecule has 0 atom stereocenters. The molecule has 1 amide bonds. The second kappa shape index (κ2) is 25.1. The molecule has 65 heavy (non-hydrogen) atoms. The number of methoxy groups -OCH3 is 4. The largest absolute Gasteiger partial charge is 0.509 e. The van der Waals surface area contributed by atoms with Gasteiger partial charge in [0.15, 0.2) is 34.5 Å². The van der Waals surface area contributed by atoms with Gasteiger partial charge in [-0.25, -0.2) is 0 Å². The Labute approximate surface area is 373 Å². The molecule has 4 aromatic rings. The number of ketones is 2. The van der Waals surface area contributed by atoms with E-state index in [2.05, 4.69) is 25.8 Å². The second-order valence-electron chi connectivity index (χ2n) is 13.7. The van der Waals surface area contributed by atoms with E-state index in [1.165, 1.54) is 85.6 Å². The van der Waals surface area contributed by atoms with Crippen LogP contribution in [0.2, 0.25) is 0 Å². The van der Waals surface area contributed by atoms with Gasteiger partial charge in [0.1, 0.15) is 34.4 Å². The third-order valence-corrected chi connectivity index (χ3v) is 9.10. The van der Waals surface area contributed by atoms with Gasteiger partial charge in [0.2, 0.25) is 5.91 Å². The van der Waals surface area contributed by atoms with E-state index in [4.69, 9.17) is 24.7 Å². The van der Waals surface area contributed by atoms with Crippen molar-refractivity contribution in [1.29, 1.82) is 0 Å². The summed E-state index contributed by atoms with van der Waals surface area (Å²) in [7, 11) is 5.65. The predicted molar refractivity (Wildman–Crippen MR) is 238 cm³/mol. The van der Waals surface area contributed by atoms with Crippen molar-refractivity contribution in [2.75, 3.05) is 41.5 Å². The van der Waals surface area contributed by atoms with Crippen molar-refractivity contribution in [2.24, 2.45) is 26.2 Å². The first-order valence-electron chi connectivity index (χ1n) is 19.6. The lowest BCUT2D eigenvalue weighted by Gasteiger charge is -2.12. The Morgan fingerprint density at radius 1 is 0.615 bits per heavy atom. The molecule has 21 nitrogen and oxygen atoms in total. The Balaban J connectivity index is 0.000000347. The number of azo groups is 2. The van der Waals surface area contributed by atoms with E-state index in [0.29, 0.717) is 48.6 Å². The number of rotatable bonds is 21. The van der Waals surface area contributed by atoms with Gasteiger partial charge in [-0.05, 0) is 54.8 Å². The number of carbonyl (C=O) groups is 3. The highest BCUT2D eigenvalue weighted by molar-refractivity contribution is 5.93. The topological polar surface area (TPSA) is 302 Å². The lowest BCUT2D eigenvalue weighted by Crippen LogP contribution is -2.22. The van der Waals surface area contributed by atoms with Crippen molar-refractivity contribution < 1.29 is 53.4 Å². The Bertz CT molecular complexity index is 2520. The zero-order valence-electron chi connectivity index (χ0n) is 36.8. The van der Waals surface area contributed by atoms with Crippen LogP contribution in [0.3, 0.4) is 0 Å². The van der Waals surface area contributed by atoms with Crippen molar-refractivity contribution in [2.45, 2.75) is 46.5 Å². The van der Waals surface area contributed by atoms with Gasteiger partial charge < -0.3 is 40.2 Å². The smallest absolute Gasteiger partial charge is 0.273 e. The maximum atomic E-state index is 12.2. The number of nitrogens with one attached hydrogen (secondary N) is 1. The van der Waals surface area contributed by atoms with Crippen LogP contribution in [0.4, 0.5) is 22.7 Å². The van der Waals surface area contributed by atoms with Crippen LogP contribution in [0.25, 0.3) is 0 Å². The fraction of sp³-hybridized carbons (Fsp3) is 0.295. The van der Waals surface area contributed by atoms with E-state index in [1.54, 1.807) is 12.1 Å². The van der Waals surface area contributed by atoms with Crippen LogP contribution >= 0.6 is 0 Å². The summed E-state index contributed by atoms with van der Waals surface area (Å²) in [5.74, 6) is -0.520. The lowest BCUT2D eigenvalue weighted by molar-refractivity contribution is -0.385. The molecule has 0 unspecified atom stereocenters. The van der Waals surface area contributed by atoms with Gasteiger partial charge in [-0.15, -0.1) is 20.5 Å². The minimum atomic E-state index is -0.576. The number of carbonyl (C=O) groups excluding carboxylic acids is 3. The lowest BCUT2D eigenvalue weighted by atomic mass is 10.0. The first kappa shape index (κ1) is 51.3. The number of hydrogen-bond donors (Lipinski definition) is 4. The standard InChI is InChI=1S/C23H26N4O7.C21H24N4O6/c1-14(28)23(26-25-19-7-6-18(27(31)32)13-22(19)34-4)20(30)12-17-11-16(5-8-21(17)33-3)9-10-24-15(2)29;1-13(26)21(24-23-17-6-5-16(25(28)29)12-20(17)31-3)18(27)11-15-10-14(8-9-22)4-7-19(15)30-2/h5-8,11,13,30H,9-10,12H2,1-4H3,(H,24,29);4-7,10,12,27H,8-9,11,22H2,1-3H3. The quantitative estimate of drug-likeness (QED) is 0.0204. The summed E-state index contributed by atoms with van der Waals surface area (Å²) in [5, 5.41) is 61.5. The highest BCUT2D eigenvalue weighted by Gasteiger charge is 2.18. The van der Waals surface area contributed by atoms with Crippen LogP contribution < -0.4 is 30.0 Å². The monoisotopic (exact) mass is 898 g/mol. The number of nitro benzene ring substituents is 2. The van der Waals surface area contributed by atoms with Gasteiger partial charge in [-0.3, -0.25) is 34.6 Å². The normalized spacial score (nSPS) is 11.8. The van der Waals surface area contributed by atoms with Gasteiger partial charge in [0.25, 0.3) is 11.4 Å². The number of amides is 1. The highest BCUT2D eigenvalue weighted by atomic mass is 16.6. The molecule has 4 aromatic carbocycles.